The fourth-order valence-corrected chi connectivity index (χ4v) is 1.70. The monoisotopic (exact) mass is 213 g/mol. The quantitative estimate of drug-likeness (QED) is 0.732. The van der Waals surface area contributed by atoms with Crippen molar-refractivity contribution in [1.82, 2.24) is 5.32 Å². The maximum atomic E-state index is 5.92. The standard InChI is InChI=1S/C11H16ClNO/c1-3-5-6-10(13-4-2)9-7-8-14-11(9)12/h3,7-8,10,13H,1,4-6H2,2H3. The third-order valence-electron chi connectivity index (χ3n) is 2.13. The van der Waals surface area contributed by atoms with E-state index in [9.17, 15) is 0 Å². The van der Waals surface area contributed by atoms with Crippen molar-refractivity contribution in [3.8, 4) is 0 Å². The second kappa shape index (κ2) is 5.89. The van der Waals surface area contributed by atoms with Gasteiger partial charge in [-0.2, -0.15) is 0 Å². The average molecular weight is 214 g/mol. The Balaban J connectivity index is 2.66. The number of furan rings is 1. The van der Waals surface area contributed by atoms with Crippen LogP contribution in [-0.4, -0.2) is 6.54 Å². The highest BCUT2D eigenvalue weighted by molar-refractivity contribution is 6.29. The lowest BCUT2D eigenvalue weighted by Gasteiger charge is -2.15. The molecule has 1 heterocycles. The van der Waals surface area contributed by atoms with Crippen molar-refractivity contribution in [2.24, 2.45) is 0 Å². The van der Waals surface area contributed by atoms with Crippen LogP contribution in [0.2, 0.25) is 5.22 Å². The highest BCUT2D eigenvalue weighted by Gasteiger charge is 2.14. The lowest BCUT2D eigenvalue weighted by molar-refractivity contribution is 0.505. The van der Waals surface area contributed by atoms with Crippen LogP contribution in [0.5, 0.6) is 0 Å². The topological polar surface area (TPSA) is 25.2 Å². The number of hydrogen-bond donors (Lipinski definition) is 1. The maximum absolute atomic E-state index is 5.92. The Morgan fingerprint density at radius 2 is 2.50 bits per heavy atom. The minimum atomic E-state index is 0.268. The van der Waals surface area contributed by atoms with Gasteiger partial charge in [-0.05, 0) is 37.1 Å². The molecule has 0 spiro atoms. The number of nitrogens with one attached hydrogen (secondary N) is 1. The highest BCUT2D eigenvalue weighted by atomic mass is 35.5. The SMILES string of the molecule is C=CCCC(NCC)c1ccoc1Cl. The van der Waals surface area contributed by atoms with Gasteiger partial charge in [0, 0.05) is 11.6 Å². The minimum absolute atomic E-state index is 0.268. The molecule has 0 aliphatic rings. The molecule has 1 N–H and O–H groups in total. The number of hydrogen-bond acceptors (Lipinski definition) is 2. The third kappa shape index (κ3) is 2.89. The first-order valence-corrected chi connectivity index (χ1v) is 5.24. The van der Waals surface area contributed by atoms with E-state index in [1.54, 1.807) is 6.26 Å². The van der Waals surface area contributed by atoms with Gasteiger partial charge in [-0.25, -0.2) is 0 Å². The molecule has 0 saturated heterocycles. The normalized spacial score (nSPS) is 12.7. The maximum Gasteiger partial charge on any atom is 0.197 e. The van der Waals surface area contributed by atoms with Crippen LogP contribution in [0.25, 0.3) is 0 Å². The van der Waals surface area contributed by atoms with Crippen molar-refractivity contribution in [3.63, 3.8) is 0 Å². The van der Waals surface area contributed by atoms with Gasteiger partial charge in [0.1, 0.15) is 0 Å². The van der Waals surface area contributed by atoms with Crippen molar-refractivity contribution >= 4 is 11.6 Å². The summed E-state index contributed by atoms with van der Waals surface area (Å²) >= 11 is 5.92. The number of allylic oxidation sites excluding steroid dienone is 1. The van der Waals surface area contributed by atoms with Gasteiger partial charge in [-0.1, -0.05) is 13.0 Å². The van der Waals surface area contributed by atoms with E-state index < -0.39 is 0 Å². The fraction of sp³-hybridized carbons (Fsp3) is 0.455. The first-order chi connectivity index (χ1) is 6.79. The fourth-order valence-electron chi connectivity index (χ4n) is 1.45. The summed E-state index contributed by atoms with van der Waals surface area (Å²) in [6.07, 6.45) is 5.50. The second-order valence-corrected chi connectivity index (χ2v) is 3.47. The Hall–Kier alpha value is -0.730. The summed E-state index contributed by atoms with van der Waals surface area (Å²) in [5.74, 6) is 0. The minimum Gasteiger partial charge on any atom is -0.453 e. The van der Waals surface area contributed by atoms with Gasteiger partial charge >= 0.3 is 0 Å². The third-order valence-corrected chi connectivity index (χ3v) is 2.44. The van der Waals surface area contributed by atoms with Gasteiger partial charge in [0.25, 0.3) is 0 Å². The molecule has 0 saturated carbocycles. The molecule has 0 bridgehead atoms. The van der Waals surface area contributed by atoms with E-state index in [1.807, 2.05) is 12.1 Å². The van der Waals surface area contributed by atoms with Crippen LogP contribution in [0.15, 0.2) is 29.4 Å². The zero-order chi connectivity index (χ0) is 10.4. The van der Waals surface area contributed by atoms with Gasteiger partial charge in [-0.3, -0.25) is 0 Å². The summed E-state index contributed by atoms with van der Waals surface area (Å²) in [7, 11) is 0. The summed E-state index contributed by atoms with van der Waals surface area (Å²) in [5, 5.41) is 3.85. The van der Waals surface area contributed by atoms with E-state index in [4.69, 9.17) is 16.0 Å². The second-order valence-electron chi connectivity index (χ2n) is 3.13. The van der Waals surface area contributed by atoms with Crippen molar-refractivity contribution in [2.45, 2.75) is 25.8 Å². The van der Waals surface area contributed by atoms with Crippen LogP contribution < -0.4 is 5.32 Å². The van der Waals surface area contributed by atoms with E-state index in [0.29, 0.717) is 5.22 Å². The molecule has 1 atom stereocenters. The molecular weight excluding hydrogens is 198 g/mol. The Labute approximate surface area is 89.9 Å². The lowest BCUT2D eigenvalue weighted by Crippen LogP contribution is -2.20. The molecule has 0 fully saturated rings. The molecule has 0 aliphatic heterocycles. The van der Waals surface area contributed by atoms with Crippen LogP contribution >= 0.6 is 11.6 Å². The van der Waals surface area contributed by atoms with Gasteiger partial charge in [0.2, 0.25) is 0 Å². The molecular formula is C11H16ClNO. The van der Waals surface area contributed by atoms with Gasteiger partial charge in [0.05, 0.1) is 6.26 Å². The van der Waals surface area contributed by atoms with Crippen LogP contribution in [0.3, 0.4) is 0 Å². The predicted octanol–water partition coefficient (Wildman–Crippen LogP) is 3.55. The number of rotatable bonds is 6. The summed E-state index contributed by atoms with van der Waals surface area (Å²) in [4.78, 5) is 0. The molecule has 2 nitrogen and oxygen atoms in total. The lowest BCUT2D eigenvalue weighted by atomic mass is 10.1. The predicted molar refractivity (Wildman–Crippen MR) is 59.6 cm³/mol. The van der Waals surface area contributed by atoms with Gasteiger partial charge < -0.3 is 9.73 Å². The van der Waals surface area contributed by atoms with Crippen LogP contribution in [0, 0.1) is 0 Å². The van der Waals surface area contributed by atoms with E-state index in [1.165, 1.54) is 0 Å². The summed E-state index contributed by atoms with van der Waals surface area (Å²) in [6, 6.07) is 2.18. The molecule has 1 aromatic heterocycles. The summed E-state index contributed by atoms with van der Waals surface area (Å²) in [6.45, 7) is 6.71. The molecule has 0 radical (unpaired) electrons. The first-order valence-electron chi connectivity index (χ1n) is 4.86. The number of halogens is 1. The molecule has 0 aliphatic carbocycles. The molecule has 14 heavy (non-hydrogen) atoms. The van der Waals surface area contributed by atoms with Crippen molar-refractivity contribution < 1.29 is 4.42 Å². The van der Waals surface area contributed by atoms with E-state index in [-0.39, 0.29) is 6.04 Å². The van der Waals surface area contributed by atoms with Crippen molar-refractivity contribution in [3.05, 3.63) is 35.8 Å². The molecule has 0 amide bonds. The van der Waals surface area contributed by atoms with Crippen molar-refractivity contribution in [1.29, 1.82) is 0 Å². The molecule has 0 aromatic carbocycles. The Morgan fingerprint density at radius 1 is 1.71 bits per heavy atom. The molecule has 3 heteroatoms. The zero-order valence-electron chi connectivity index (χ0n) is 8.42. The molecule has 78 valence electrons. The molecule has 1 rings (SSSR count). The zero-order valence-corrected chi connectivity index (χ0v) is 9.18. The molecule has 1 aromatic rings. The van der Waals surface area contributed by atoms with Crippen LogP contribution in [0.4, 0.5) is 0 Å². The Bertz CT molecular complexity index is 283. The first kappa shape index (κ1) is 11.3. The molecule has 1 unspecified atom stereocenters. The van der Waals surface area contributed by atoms with E-state index >= 15 is 0 Å². The smallest absolute Gasteiger partial charge is 0.197 e. The summed E-state index contributed by atoms with van der Waals surface area (Å²) < 4.78 is 5.07. The van der Waals surface area contributed by atoms with Gasteiger partial charge in [0.15, 0.2) is 5.22 Å². The van der Waals surface area contributed by atoms with Crippen LogP contribution in [0.1, 0.15) is 31.4 Å². The van der Waals surface area contributed by atoms with Crippen LogP contribution in [-0.2, 0) is 0 Å². The average Bonchev–Trinajstić information content (AvgIpc) is 2.59. The highest BCUT2D eigenvalue weighted by Crippen LogP contribution is 2.27. The van der Waals surface area contributed by atoms with Gasteiger partial charge in [-0.15, -0.1) is 6.58 Å². The largest absolute Gasteiger partial charge is 0.453 e. The van der Waals surface area contributed by atoms with E-state index in [0.717, 1.165) is 24.9 Å². The van der Waals surface area contributed by atoms with E-state index in [2.05, 4.69) is 18.8 Å². The summed E-state index contributed by atoms with van der Waals surface area (Å²) in [5.41, 5.74) is 1.04. The Kier molecular flexibility index (Phi) is 4.77. The van der Waals surface area contributed by atoms with Crippen molar-refractivity contribution in [2.75, 3.05) is 6.54 Å². The Morgan fingerprint density at radius 3 is 3.00 bits per heavy atom.